The molecule has 0 bridgehead atoms. The predicted octanol–water partition coefficient (Wildman–Crippen LogP) is 3.37. The third-order valence-corrected chi connectivity index (χ3v) is 4.31. The zero-order valence-electron chi connectivity index (χ0n) is 16.4. The van der Waals surface area contributed by atoms with Gasteiger partial charge in [-0.2, -0.15) is 0 Å². The molecule has 0 atom stereocenters. The fraction of sp³-hybridized carbons (Fsp3) is 0.0909. The highest BCUT2D eigenvalue weighted by atomic mass is 19.1. The van der Waals surface area contributed by atoms with Gasteiger partial charge in [-0.1, -0.05) is 18.2 Å². The summed E-state index contributed by atoms with van der Waals surface area (Å²) >= 11 is 0. The van der Waals surface area contributed by atoms with Gasteiger partial charge in [-0.15, -0.1) is 0 Å². The van der Waals surface area contributed by atoms with Crippen LogP contribution >= 0.6 is 0 Å². The second-order valence-corrected chi connectivity index (χ2v) is 6.51. The van der Waals surface area contributed by atoms with Crippen molar-refractivity contribution in [1.82, 2.24) is 4.98 Å². The summed E-state index contributed by atoms with van der Waals surface area (Å²) in [6, 6.07) is 13.5. The van der Waals surface area contributed by atoms with E-state index in [0.29, 0.717) is 22.8 Å². The molecule has 2 amide bonds. The first kappa shape index (κ1) is 20.7. The van der Waals surface area contributed by atoms with Crippen molar-refractivity contribution in [3.8, 4) is 0 Å². The van der Waals surface area contributed by atoms with Crippen LogP contribution in [-0.2, 0) is 0 Å². The Labute approximate surface area is 172 Å². The lowest BCUT2D eigenvalue weighted by Gasteiger charge is -2.12. The number of nitrogens with zero attached hydrogens (tertiary/aromatic N) is 2. The van der Waals surface area contributed by atoms with Crippen molar-refractivity contribution in [3.05, 3.63) is 88.9 Å². The summed E-state index contributed by atoms with van der Waals surface area (Å²) in [5, 5.41) is 5.24. The monoisotopic (exact) mass is 405 g/mol. The van der Waals surface area contributed by atoms with Gasteiger partial charge in [-0.25, -0.2) is 9.37 Å². The number of nitrogens with one attached hydrogen (secondary N) is 2. The maximum Gasteiger partial charge on any atom is 0.259 e. The molecule has 0 aliphatic carbocycles. The van der Waals surface area contributed by atoms with Gasteiger partial charge < -0.3 is 16.4 Å². The summed E-state index contributed by atoms with van der Waals surface area (Å²) < 4.78 is 13.8. The molecule has 0 unspecified atom stereocenters. The molecule has 30 heavy (non-hydrogen) atoms. The summed E-state index contributed by atoms with van der Waals surface area (Å²) in [5.41, 5.74) is 7.86. The first-order valence-electron chi connectivity index (χ1n) is 9.05. The Morgan fingerprint density at radius 3 is 2.30 bits per heavy atom. The van der Waals surface area contributed by atoms with E-state index in [1.807, 2.05) is 6.92 Å². The van der Waals surface area contributed by atoms with Gasteiger partial charge in [0.1, 0.15) is 17.5 Å². The van der Waals surface area contributed by atoms with E-state index in [1.165, 1.54) is 6.07 Å². The molecular formula is C22H20FN5O2. The molecule has 7 nitrogen and oxygen atoms in total. The lowest BCUT2D eigenvalue weighted by molar-refractivity contribution is 0.102. The summed E-state index contributed by atoms with van der Waals surface area (Å²) in [4.78, 5) is 33.2. The topological polar surface area (TPSA) is 109 Å². The molecule has 0 fully saturated rings. The number of aryl methyl sites for hydroxylation is 1. The Morgan fingerprint density at radius 1 is 0.967 bits per heavy atom. The summed E-state index contributed by atoms with van der Waals surface area (Å²) in [6.45, 7) is 1.87. The van der Waals surface area contributed by atoms with Gasteiger partial charge in [-0.3, -0.25) is 14.6 Å². The molecule has 8 heteroatoms. The lowest BCUT2D eigenvalue weighted by atomic mass is 10.1. The molecule has 3 aromatic rings. The van der Waals surface area contributed by atoms with E-state index in [1.54, 1.807) is 49.6 Å². The summed E-state index contributed by atoms with van der Waals surface area (Å²) in [7, 11) is 1.57. The van der Waals surface area contributed by atoms with E-state index in [9.17, 15) is 14.0 Å². The van der Waals surface area contributed by atoms with Crippen molar-refractivity contribution in [3.63, 3.8) is 0 Å². The average Bonchev–Trinajstić information content (AvgIpc) is 2.76. The fourth-order valence-corrected chi connectivity index (χ4v) is 2.65. The minimum Gasteiger partial charge on any atom is -0.384 e. The van der Waals surface area contributed by atoms with Crippen LogP contribution in [0.3, 0.4) is 0 Å². The predicted molar refractivity (Wildman–Crippen MR) is 114 cm³/mol. The lowest BCUT2D eigenvalue weighted by Crippen LogP contribution is -2.19. The third-order valence-electron chi connectivity index (χ3n) is 4.31. The molecule has 2 aromatic carbocycles. The van der Waals surface area contributed by atoms with Crippen LogP contribution in [0.15, 0.2) is 65.8 Å². The van der Waals surface area contributed by atoms with Gasteiger partial charge in [0.25, 0.3) is 11.8 Å². The Kier molecular flexibility index (Phi) is 6.17. The van der Waals surface area contributed by atoms with Gasteiger partial charge >= 0.3 is 0 Å². The number of pyridine rings is 1. The molecular weight excluding hydrogens is 385 g/mol. The Bertz CT molecular complexity index is 1110. The van der Waals surface area contributed by atoms with Crippen molar-refractivity contribution in [2.75, 3.05) is 17.7 Å². The van der Waals surface area contributed by atoms with Crippen molar-refractivity contribution in [2.45, 2.75) is 6.92 Å². The van der Waals surface area contributed by atoms with Gasteiger partial charge in [-0.05, 0) is 48.9 Å². The molecule has 152 valence electrons. The van der Waals surface area contributed by atoms with Crippen molar-refractivity contribution < 1.29 is 14.0 Å². The maximum absolute atomic E-state index is 13.8. The number of halogens is 1. The number of benzene rings is 2. The van der Waals surface area contributed by atoms with Crippen molar-refractivity contribution in [1.29, 1.82) is 0 Å². The number of anilines is 2. The summed E-state index contributed by atoms with van der Waals surface area (Å²) in [5.74, 6) is -0.984. The minimum absolute atomic E-state index is 0.0234. The highest BCUT2D eigenvalue weighted by Gasteiger charge is 2.16. The molecule has 1 aromatic heterocycles. The molecule has 3 rings (SSSR count). The van der Waals surface area contributed by atoms with Crippen LogP contribution < -0.4 is 16.4 Å². The third kappa shape index (κ3) is 4.85. The number of hydrogen-bond acceptors (Lipinski definition) is 4. The Hall–Kier alpha value is -4.07. The Morgan fingerprint density at radius 2 is 1.67 bits per heavy atom. The zero-order valence-corrected chi connectivity index (χ0v) is 16.4. The van der Waals surface area contributed by atoms with Crippen molar-refractivity contribution in [2.24, 2.45) is 10.7 Å². The normalized spacial score (nSPS) is 11.1. The quantitative estimate of drug-likeness (QED) is 0.447. The molecule has 0 saturated carbocycles. The fourth-order valence-electron chi connectivity index (χ4n) is 2.65. The second kappa shape index (κ2) is 8.95. The second-order valence-electron chi connectivity index (χ2n) is 6.51. The highest BCUT2D eigenvalue weighted by molar-refractivity contribution is 6.12. The van der Waals surface area contributed by atoms with E-state index in [-0.39, 0.29) is 11.3 Å². The first-order valence-corrected chi connectivity index (χ1v) is 9.05. The number of hydrogen-bond donors (Lipinski definition) is 3. The van der Waals surface area contributed by atoms with Crippen LogP contribution in [0.5, 0.6) is 0 Å². The summed E-state index contributed by atoms with van der Waals surface area (Å²) in [6.07, 6.45) is 1.60. The van der Waals surface area contributed by atoms with Crippen LogP contribution in [0.4, 0.5) is 15.9 Å². The molecule has 0 radical (unpaired) electrons. The minimum atomic E-state index is -0.603. The van der Waals surface area contributed by atoms with Gasteiger partial charge in [0.2, 0.25) is 0 Å². The molecule has 0 aliphatic heterocycles. The first-order chi connectivity index (χ1) is 14.4. The number of rotatable bonds is 5. The number of carbonyl (C=O) groups is 2. The van der Waals surface area contributed by atoms with Gasteiger partial charge in [0.15, 0.2) is 0 Å². The molecule has 4 N–H and O–H groups in total. The van der Waals surface area contributed by atoms with E-state index >= 15 is 0 Å². The number of aliphatic imine (C=N–C) groups is 1. The number of amidine groups is 1. The van der Waals surface area contributed by atoms with Crippen LogP contribution in [0.25, 0.3) is 0 Å². The molecule has 0 aliphatic rings. The van der Waals surface area contributed by atoms with Crippen LogP contribution in [0, 0.1) is 12.7 Å². The molecule has 0 saturated heterocycles. The maximum atomic E-state index is 13.8. The molecule has 1 heterocycles. The van der Waals surface area contributed by atoms with E-state index in [4.69, 9.17) is 5.73 Å². The van der Waals surface area contributed by atoms with E-state index < -0.39 is 17.6 Å². The van der Waals surface area contributed by atoms with Crippen LogP contribution in [-0.4, -0.2) is 29.7 Å². The Balaban J connectivity index is 1.81. The van der Waals surface area contributed by atoms with E-state index in [2.05, 4.69) is 20.6 Å². The number of nitrogens with two attached hydrogens (primary N) is 1. The largest absolute Gasteiger partial charge is 0.384 e. The number of aromatic nitrogens is 1. The van der Waals surface area contributed by atoms with Gasteiger partial charge in [0, 0.05) is 24.4 Å². The molecule has 0 spiro atoms. The smallest absolute Gasteiger partial charge is 0.259 e. The van der Waals surface area contributed by atoms with Crippen LogP contribution in [0.2, 0.25) is 0 Å². The average molecular weight is 405 g/mol. The number of carbonyl (C=O) groups excluding carboxylic acids is 2. The standard InChI is InChI=1S/C22H20FN5O2/c1-13-3-10-19(26-12-13)28-22(30)17-11-16(23)8-9-18(17)27-21(29)15-6-4-14(5-7-15)20(24)25-2/h3-12H,1-2H3,(H2,24,25)(H,27,29)(H,26,28,30). The number of amides is 2. The van der Waals surface area contributed by atoms with Crippen molar-refractivity contribution >= 4 is 29.2 Å². The van der Waals surface area contributed by atoms with Gasteiger partial charge in [0.05, 0.1) is 11.3 Å². The van der Waals surface area contributed by atoms with E-state index in [0.717, 1.165) is 17.7 Å². The highest BCUT2D eigenvalue weighted by Crippen LogP contribution is 2.20. The SMILES string of the molecule is CN=C(N)c1ccc(C(=O)Nc2ccc(F)cc2C(=O)Nc2ccc(C)cn2)cc1. The zero-order chi connectivity index (χ0) is 21.7. The van der Waals surface area contributed by atoms with Crippen LogP contribution in [0.1, 0.15) is 31.8 Å².